The first-order valence-corrected chi connectivity index (χ1v) is 7.56. The average molecular weight is 340 g/mol. The van der Waals surface area contributed by atoms with Crippen LogP contribution in [0.5, 0.6) is 0 Å². The molecule has 0 atom stereocenters. The molecule has 0 spiro atoms. The number of aromatic nitrogens is 2. The molecule has 0 saturated heterocycles. The van der Waals surface area contributed by atoms with Crippen molar-refractivity contribution < 1.29 is 23.5 Å². The Balaban J connectivity index is 1.55. The second-order valence-corrected chi connectivity index (χ2v) is 5.23. The fourth-order valence-electron chi connectivity index (χ4n) is 2.20. The lowest BCUT2D eigenvalue weighted by Gasteiger charge is -2.04. The van der Waals surface area contributed by atoms with E-state index in [1.165, 1.54) is 7.11 Å². The number of ether oxygens (including phenoxy) is 2. The lowest BCUT2D eigenvalue weighted by molar-refractivity contribution is 0.0433. The molecule has 0 bridgehead atoms. The van der Waals surface area contributed by atoms with Crippen molar-refractivity contribution >= 4 is 11.9 Å². The second kappa shape index (κ2) is 7.48. The second-order valence-electron chi connectivity index (χ2n) is 5.23. The summed E-state index contributed by atoms with van der Waals surface area (Å²) < 4.78 is 17.0. The fourth-order valence-corrected chi connectivity index (χ4v) is 2.20. The molecule has 0 unspecified atom stereocenters. The third-order valence-electron chi connectivity index (χ3n) is 3.48. The van der Waals surface area contributed by atoms with Gasteiger partial charge in [-0.2, -0.15) is 5.10 Å². The Morgan fingerprint density at radius 2 is 1.92 bits per heavy atom. The number of carbonyl (C=O) groups is 2. The summed E-state index contributed by atoms with van der Waals surface area (Å²) in [6, 6.07) is 11.7. The molecule has 2 aromatic heterocycles. The molecule has 2 heterocycles. The number of methoxy groups -OCH3 is 1. The van der Waals surface area contributed by atoms with Crippen molar-refractivity contribution in [1.29, 1.82) is 0 Å². The van der Waals surface area contributed by atoms with Gasteiger partial charge >= 0.3 is 11.9 Å². The van der Waals surface area contributed by atoms with Crippen LogP contribution in [-0.2, 0) is 22.6 Å². The monoisotopic (exact) mass is 340 g/mol. The highest BCUT2D eigenvalue weighted by Crippen LogP contribution is 2.13. The van der Waals surface area contributed by atoms with E-state index < -0.39 is 11.9 Å². The van der Waals surface area contributed by atoms with Crippen LogP contribution >= 0.6 is 0 Å². The highest BCUT2D eigenvalue weighted by molar-refractivity contribution is 5.89. The molecule has 0 N–H and O–H groups in total. The minimum Gasteiger partial charge on any atom is -0.465 e. The van der Waals surface area contributed by atoms with Crippen molar-refractivity contribution in [3.05, 3.63) is 77.5 Å². The van der Waals surface area contributed by atoms with Crippen LogP contribution in [-0.4, -0.2) is 28.8 Å². The molecule has 3 rings (SSSR count). The Morgan fingerprint density at radius 3 is 2.60 bits per heavy atom. The largest absolute Gasteiger partial charge is 0.465 e. The van der Waals surface area contributed by atoms with Crippen molar-refractivity contribution in [2.45, 2.75) is 13.2 Å². The predicted octanol–water partition coefficient (Wildman–Crippen LogP) is 2.67. The van der Waals surface area contributed by atoms with E-state index >= 15 is 0 Å². The SMILES string of the molecule is COC(=O)c1ccc(COC(=O)c2ccc(Cn3cccn3)o2)cc1. The highest BCUT2D eigenvalue weighted by atomic mass is 16.5. The van der Waals surface area contributed by atoms with Crippen molar-refractivity contribution in [1.82, 2.24) is 9.78 Å². The van der Waals surface area contributed by atoms with Crippen LogP contribution in [0.2, 0.25) is 0 Å². The molecule has 1 aromatic carbocycles. The third kappa shape index (κ3) is 4.14. The number of benzene rings is 1. The fraction of sp³-hybridized carbons (Fsp3) is 0.167. The molecule has 7 nitrogen and oxygen atoms in total. The van der Waals surface area contributed by atoms with E-state index in [-0.39, 0.29) is 12.4 Å². The minimum absolute atomic E-state index is 0.0788. The van der Waals surface area contributed by atoms with Crippen LogP contribution in [0.25, 0.3) is 0 Å². The first kappa shape index (κ1) is 16.5. The van der Waals surface area contributed by atoms with E-state index in [0.29, 0.717) is 17.9 Å². The molecular formula is C18H16N2O5. The summed E-state index contributed by atoms with van der Waals surface area (Å²) >= 11 is 0. The normalized spacial score (nSPS) is 10.4. The van der Waals surface area contributed by atoms with Gasteiger partial charge in [-0.15, -0.1) is 0 Å². The van der Waals surface area contributed by atoms with Crippen molar-refractivity contribution in [3.8, 4) is 0 Å². The Kier molecular flexibility index (Phi) is 4.94. The van der Waals surface area contributed by atoms with Gasteiger partial charge in [-0.05, 0) is 35.9 Å². The first-order chi connectivity index (χ1) is 12.2. The van der Waals surface area contributed by atoms with Gasteiger partial charge in [0.2, 0.25) is 5.76 Å². The number of rotatable bonds is 6. The molecule has 0 aliphatic carbocycles. The first-order valence-electron chi connectivity index (χ1n) is 7.56. The molecule has 0 fully saturated rings. The summed E-state index contributed by atoms with van der Waals surface area (Å²) in [6.07, 6.45) is 3.47. The van der Waals surface area contributed by atoms with Crippen molar-refractivity contribution in [2.24, 2.45) is 0 Å². The van der Waals surface area contributed by atoms with Crippen LogP contribution < -0.4 is 0 Å². The van der Waals surface area contributed by atoms with Gasteiger partial charge in [0.15, 0.2) is 0 Å². The number of hydrogen-bond acceptors (Lipinski definition) is 6. The Labute approximate surface area is 143 Å². The van der Waals surface area contributed by atoms with Gasteiger partial charge in [0, 0.05) is 12.4 Å². The highest BCUT2D eigenvalue weighted by Gasteiger charge is 2.13. The van der Waals surface area contributed by atoms with Gasteiger partial charge in [-0.1, -0.05) is 12.1 Å². The molecular weight excluding hydrogens is 324 g/mol. The summed E-state index contributed by atoms with van der Waals surface area (Å²) in [5.41, 5.74) is 1.19. The Morgan fingerprint density at radius 1 is 1.12 bits per heavy atom. The lowest BCUT2D eigenvalue weighted by atomic mass is 10.1. The Bertz CT molecular complexity index is 850. The van der Waals surface area contributed by atoms with E-state index in [4.69, 9.17) is 9.15 Å². The minimum atomic E-state index is -0.552. The molecule has 0 aliphatic rings. The molecule has 128 valence electrons. The van der Waals surface area contributed by atoms with Crippen LogP contribution in [0.3, 0.4) is 0 Å². The molecule has 3 aromatic rings. The van der Waals surface area contributed by atoms with Gasteiger partial charge in [-0.25, -0.2) is 9.59 Å². The van der Waals surface area contributed by atoms with Gasteiger partial charge in [0.1, 0.15) is 12.4 Å². The quantitative estimate of drug-likeness (QED) is 0.642. The van der Waals surface area contributed by atoms with Crippen LogP contribution in [0.15, 0.2) is 59.3 Å². The summed E-state index contributed by atoms with van der Waals surface area (Å²) in [7, 11) is 1.32. The summed E-state index contributed by atoms with van der Waals surface area (Å²) in [4.78, 5) is 23.4. The number of nitrogens with zero attached hydrogens (tertiary/aromatic N) is 2. The maximum absolute atomic E-state index is 12.0. The zero-order chi connectivity index (χ0) is 17.6. The smallest absolute Gasteiger partial charge is 0.374 e. The molecule has 7 heteroatoms. The third-order valence-corrected chi connectivity index (χ3v) is 3.48. The maximum atomic E-state index is 12.0. The summed E-state index contributed by atoms with van der Waals surface area (Å²) in [5, 5.41) is 4.07. The predicted molar refractivity (Wildman–Crippen MR) is 86.9 cm³/mol. The number of esters is 2. The zero-order valence-electron chi connectivity index (χ0n) is 13.5. The molecule has 0 saturated carbocycles. The van der Waals surface area contributed by atoms with Gasteiger partial charge in [0.25, 0.3) is 0 Å². The molecule has 25 heavy (non-hydrogen) atoms. The van der Waals surface area contributed by atoms with Crippen LogP contribution in [0.4, 0.5) is 0 Å². The summed E-state index contributed by atoms with van der Waals surface area (Å²) in [5.74, 6) is -0.223. The molecule has 0 aliphatic heterocycles. The van der Waals surface area contributed by atoms with E-state index in [9.17, 15) is 9.59 Å². The van der Waals surface area contributed by atoms with E-state index in [2.05, 4.69) is 9.84 Å². The van der Waals surface area contributed by atoms with Gasteiger partial charge in [-0.3, -0.25) is 4.68 Å². The zero-order valence-corrected chi connectivity index (χ0v) is 13.5. The maximum Gasteiger partial charge on any atom is 0.374 e. The van der Waals surface area contributed by atoms with Crippen molar-refractivity contribution in [2.75, 3.05) is 7.11 Å². The van der Waals surface area contributed by atoms with Crippen LogP contribution in [0, 0.1) is 0 Å². The average Bonchev–Trinajstić information content (AvgIpc) is 3.32. The number of carbonyl (C=O) groups excluding carboxylic acids is 2. The summed E-state index contributed by atoms with van der Waals surface area (Å²) in [6.45, 7) is 0.519. The van der Waals surface area contributed by atoms with Gasteiger partial charge < -0.3 is 13.9 Å². The lowest BCUT2D eigenvalue weighted by Crippen LogP contribution is -2.05. The van der Waals surface area contributed by atoms with Crippen LogP contribution in [0.1, 0.15) is 32.2 Å². The van der Waals surface area contributed by atoms with Gasteiger partial charge in [0.05, 0.1) is 19.2 Å². The van der Waals surface area contributed by atoms with E-state index in [0.717, 1.165) is 5.56 Å². The standard InChI is InChI=1S/C18H16N2O5/c1-23-17(21)14-5-3-13(4-6-14)12-24-18(22)16-8-7-15(25-16)11-20-10-2-9-19-20/h2-10H,11-12H2,1H3. The van der Waals surface area contributed by atoms with Crippen molar-refractivity contribution in [3.63, 3.8) is 0 Å². The van der Waals surface area contributed by atoms with E-state index in [1.54, 1.807) is 53.5 Å². The number of hydrogen-bond donors (Lipinski definition) is 0. The number of furan rings is 1. The molecule has 0 radical (unpaired) electrons. The topological polar surface area (TPSA) is 83.6 Å². The Hall–Kier alpha value is -3.35. The van der Waals surface area contributed by atoms with E-state index in [1.807, 2.05) is 6.07 Å². The molecule has 0 amide bonds.